The van der Waals surface area contributed by atoms with Gasteiger partial charge in [0.25, 0.3) is 11.6 Å². The summed E-state index contributed by atoms with van der Waals surface area (Å²) in [4.78, 5) is 35.8. The molecule has 0 aliphatic carbocycles. The van der Waals surface area contributed by atoms with Crippen LogP contribution >= 0.6 is 0 Å². The molecule has 4 rings (SSSR count). The zero-order chi connectivity index (χ0) is 22.7. The second kappa shape index (κ2) is 8.84. The Kier molecular flexibility index (Phi) is 5.80. The Morgan fingerprint density at radius 2 is 1.88 bits per heavy atom. The Balaban J connectivity index is 1.49. The van der Waals surface area contributed by atoms with Crippen LogP contribution in [0.15, 0.2) is 71.7 Å². The molecule has 2 aromatic carbocycles. The van der Waals surface area contributed by atoms with E-state index >= 15 is 0 Å². The number of benzene rings is 2. The van der Waals surface area contributed by atoms with Crippen molar-refractivity contribution in [3.05, 3.63) is 98.6 Å². The minimum atomic E-state index is -0.611. The minimum absolute atomic E-state index is 0.169. The van der Waals surface area contributed by atoms with Gasteiger partial charge in [-0.05, 0) is 36.9 Å². The van der Waals surface area contributed by atoms with Crippen LogP contribution in [0.2, 0.25) is 0 Å². The van der Waals surface area contributed by atoms with E-state index in [1.807, 2.05) is 36.5 Å². The molecule has 0 atom stereocenters. The highest BCUT2D eigenvalue weighted by atomic mass is 16.6. The summed E-state index contributed by atoms with van der Waals surface area (Å²) in [5, 5.41) is 19.4. The first-order valence-electron chi connectivity index (χ1n) is 10.1. The molecule has 0 saturated carbocycles. The molecule has 162 valence electrons. The van der Waals surface area contributed by atoms with E-state index in [0.717, 1.165) is 10.9 Å². The second-order valence-corrected chi connectivity index (χ2v) is 7.33. The number of carbonyl (C=O) groups is 1. The average Bonchev–Trinajstić information content (AvgIpc) is 3.20. The van der Waals surface area contributed by atoms with Gasteiger partial charge in [0, 0.05) is 42.6 Å². The van der Waals surface area contributed by atoms with E-state index in [-0.39, 0.29) is 17.1 Å². The Morgan fingerprint density at radius 1 is 1.12 bits per heavy atom. The first-order chi connectivity index (χ1) is 15.5. The molecular weight excluding hydrogens is 410 g/mol. The molecule has 9 nitrogen and oxygen atoms in total. The number of amides is 1. The number of nitrogens with one attached hydrogen (secondary N) is 1. The van der Waals surface area contributed by atoms with Crippen molar-refractivity contribution in [2.75, 3.05) is 6.54 Å². The summed E-state index contributed by atoms with van der Waals surface area (Å²) in [6, 6.07) is 17.4. The number of rotatable bonds is 7. The molecule has 0 aliphatic rings. The van der Waals surface area contributed by atoms with Crippen LogP contribution in [0.1, 0.15) is 22.6 Å². The maximum absolute atomic E-state index is 12.6. The molecule has 32 heavy (non-hydrogen) atoms. The number of nitrogens with zero attached hydrogens (tertiary/aromatic N) is 4. The predicted octanol–water partition coefficient (Wildman–Crippen LogP) is 3.22. The Hall–Kier alpha value is -4.27. The largest absolute Gasteiger partial charge is 0.350 e. The molecule has 0 aliphatic heterocycles. The molecule has 0 bridgehead atoms. The number of nitro groups is 1. The van der Waals surface area contributed by atoms with E-state index in [1.165, 1.54) is 22.9 Å². The molecule has 1 N–H and O–H groups in total. The van der Waals surface area contributed by atoms with Crippen LogP contribution in [0.3, 0.4) is 0 Å². The molecule has 0 spiro atoms. The van der Waals surface area contributed by atoms with Gasteiger partial charge in [-0.1, -0.05) is 30.3 Å². The monoisotopic (exact) mass is 431 g/mol. The number of hydrogen-bond acceptors (Lipinski definition) is 5. The fourth-order valence-corrected chi connectivity index (χ4v) is 3.62. The number of para-hydroxylation sites is 3. The third-order valence-corrected chi connectivity index (χ3v) is 5.17. The van der Waals surface area contributed by atoms with E-state index < -0.39 is 16.3 Å². The van der Waals surface area contributed by atoms with Crippen molar-refractivity contribution in [3.63, 3.8) is 0 Å². The topological polar surface area (TPSA) is 112 Å². The van der Waals surface area contributed by atoms with E-state index in [1.54, 1.807) is 19.1 Å². The van der Waals surface area contributed by atoms with Crippen LogP contribution < -0.4 is 10.7 Å². The highest BCUT2D eigenvalue weighted by molar-refractivity contribution is 5.92. The summed E-state index contributed by atoms with van der Waals surface area (Å²) in [6.45, 7) is 2.66. The van der Waals surface area contributed by atoms with E-state index in [2.05, 4.69) is 15.0 Å². The molecule has 0 saturated heterocycles. The lowest BCUT2D eigenvalue weighted by atomic mass is 10.2. The maximum atomic E-state index is 12.6. The van der Waals surface area contributed by atoms with Crippen molar-refractivity contribution >= 4 is 22.5 Å². The van der Waals surface area contributed by atoms with Gasteiger partial charge < -0.3 is 9.88 Å². The van der Waals surface area contributed by atoms with E-state index in [0.29, 0.717) is 25.2 Å². The number of aryl methyl sites for hydroxylation is 2. The SMILES string of the molecule is Cc1cc(=O)c(C(=O)NCCCn2ccc3ccccc32)nn1-c1ccccc1[N+](=O)[O-]. The van der Waals surface area contributed by atoms with Gasteiger partial charge in [-0.2, -0.15) is 5.10 Å². The summed E-state index contributed by atoms with van der Waals surface area (Å²) in [5.74, 6) is -0.611. The van der Waals surface area contributed by atoms with Gasteiger partial charge in [0.2, 0.25) is 5.43 Å². The zero-order valence-electron chi connectivity index (χ0n) is 17.4. The lowest BCUT2D eigenvalue weighted by Gasteiger charge is -2.12. The molecule has 9 heteroatoms. The normalized spacial score (nSPS) is 10.9. The molecule has 4 aromatic rings. The van der Waals surface area contributed by atoms with Gasteiger partial charge in [-0.25, -0.2) is 4.68 Å². The summed E-state index contributed by atoms with van der Waals surface area (Å²) in [6.07, 6.45) is 2.66. The number of aromatic nitrogens is 3. The van der Waals surface area contributed by atoms with Crippen molar-refractivity contribution in [2.45, 2.75) is 19.9 Å². The van der Waals surface area contributed by atoms with Crippen LogP contribution in [-0.4, -0.2) is 31.7 Å². The van der Waals surface area contributed by atoms with Crippen LogP contribution in [-0.2, 0) is 6.54 Å². The van der Waals surface area contributed by atoms with Crippen LogP contribution in [0, 0.1) is 17.0 Å². The number of fused-ring (bicyclic) bond motifs is 1. The molecule has 0 radical (unpaired) electrons. The minimum Gasteiger partial charge on any atom is -0.350 e. The Morgan fingerprint density at radius 3 is 2.69 bits per heavy atom. The van der Waals surface area contributed by atoms with Gasteiger partial charge in [-0.15, -0.1) is 0 Å². The van der Waals surface area contributed by atoms with Crippen molar-refractivity contribution < 1.29 is 9.72 Å². The first-order valence-corrected chi connectivity index (χ1v) is 10.1. The molecular formula is C23H21N5O4. The highest BCUT2D eigenvalue weighted by Crippen LogP contribution is 2.22. The van der Waals surface area contributed by atoms with Gasteiger partial charge in [0.1, 0.15) is 5.69 Å². The zero-order valence-corrected chi connectivity index (χ0v) is 17.4. The quantitative estimate of drug-likeness (QED) is 0.274. The van der Waals surface area contributed by atoms with Gasteiger partial charge >= 0.3 is 0 Å². The summed E-state index contributed by atoms with van der Waals surface area (Å²) in [5.41, 5.74) is 0.679. The van der Waals surface area contributed by atoms with Crippen molar-refractivity contribution in [2.24, 2.45) is 0 Å². The number of nitro benzene ring substituents is 1. The van der Waals surface area contributed by atoms with Crippen molar-refractivity contribution in [1.29, 1.82) is 0 Å². The smallest absolute Gasteiger partial charge is 0.294 e. The summed E-state index contributed by atoms with van der Waals surface area (Å²) in [7, 11) is 0. The fourth-order valence-electron chi connectivity index (χ4n) is 3.62. The van der Waals surface area contributed by atoms with Crippen molar-refractivity contribution in [3.8, 4) is 5.69 Å². The standard InChI is InChI=1S/C23H21N5O4/c1-16-15-21(29)22(25-27(16)19-9-4-5-10-20(19)28(31)32)23(30)24-12-6-13-26-14-11-17-7-2-3-8-18(17)26/h2-5,7-11,14-15H,6,12-13H2,1H3,(H,24,30). The van der Waals surface area contributed by atoms with Crippen LogP contribution in [0.5, 0.6) is 0 Å². The van der Waals surface area contributed by atoms with Crippen LogP contribution in [0.4, 0.5) is 5.69 Å². The Labute approximate surface area is 183 Å². The number of hydrogen-bond donors (Lipinski definition) is 1. The van der Waals surface area contributed by atoms with Gasteiger partial charge in [0.05, 0.1) is 4.92 Å². The molecule has 0 unspecified atom stereocenters. The molecule has 0 fully saturated rings. The first kappa shape index (κ1) is 21.0. The predicted molar refractivity (Wildman–Crippen MR) is 120 cm³/mol. The van der Waals surface area contributed by atoms with E-state index in [9.17, 15) is 19.7 Å². The fraction of sp³-hybridized carbons (Fsp3) is 0.174. The van der Waals surface area contributed by atoms with Crippen molar-refractivity contribution in [1.82, 2.24) is 19.7 Å². The second-order valence-electron chi connectivity index (χ2n) is 7.33. The van der Waals surface area contributed by atoms with Crippen LogP contribution in [0.25, 0.3) is 16.6 Å². The lowest BCUT2D eigenvalue weighted by Crippen LogP contribution is -2.33. The molecule has 1 amide bonds. The number of carbonyl (C=O) groups excluding carboxylic acids is 1. The maximum Gasteiger partial charge on any atom is 0.294 e. The van der Waals surface area contributed by atoms with Gasteiger partial charge in [0.15, 0.2) is 5.69 Å². The van der Waals surface area contributed by atoms with Gasteiger partial charge in [-0.3, -0.25) is 19.7 Å². The highest BCUT2D eigenvalue weighted by Gasteiger charge is 2.20. The molecule has 2 aromatic heterocycles. The summed E-state index contributed by atoms with van der Waals surface area (Å²) >= 11 is 0. The van der Waals surface area contributed by atoms with E-state index in [4.69, 9.17) is 0 Å². The summed E-state index contributed by atoms with van der Waals surface area (Å²) < 4.78 is 3.35. The Bertz CT molecular complexity index is 1370. The average molecular weight is 431 g/mol. The third-order valence-electron chi connectivity index (χ3n) is 5.17. The molecule has 2 heterocycles. The third kappa shape index (κ3) is 4.13. The lowest BCUT2D eigenvalue weighted by molar-refractivity contribution is -0.384.